The zero-order valence-corrected chi connectivity index (χ0v) is 34.3. The average Bonchev–Trinajstić information content (AvgIpc) is 4.02. The van der Waals surface area contributed by atoms with Crippen molar-refractivity contribution in [2.75, 3.05) is 58.5 Å². The van der Waals surface area contributed by atoms with Crippen LogP contribution in [0, 0.1) is 0 Å². The normalized spacial score (nSPS) is 15.2. The van der Waals surface area contributed by atoms with Crippen molar-refractivity contribution in [3.8, 4) is 0 Å². The van der Waals surface area contributed by atoms with Crippen LogP contribution in [-0.4, -0.2) is 93.3 Å². The van der Waals surface area contributed by atoms with Crippen molar-refractivity contribution < 1.29 is 44.4 Å². The largest absolute Gasteiger partial charge is 0.416 e. The van der Waals surface area contributed by atoms with Gasteiger partial charge in [0.05, 0.1) is 21.9 Å². The Morgan fingerprint density at radius 1 is 0.750 bits per heavy atom. The Morgan fingerprint density at radius 2 is 1.32 bits per heavy atom. The molecule has 2 aliphatic rings. The summed E-state index contributed by atoms with van der Waals surface area (Å²) in [6, 6.07) is 17.0. The van der Waals surface area contributed by atoms with Crippen molar-refractivity contribution in [2.45, 2.75) is 22.5 Å². The number of hydrogen-bond donors (Lipinski definition) is 3. The van der Waals surface area contributed by atoms with Crippen LogP contribution in [0.25, 0.3) is 10.9 Å². The number of nitrogens with zero attached hydrogens (tertiary/aromatic N) is 6. The molecule has 16 nitrogen and oxygen atoms in total. The first kappa shape index (κ1) is 42.3. The molecule has 314 valence electrons. The molecule has 0 aliphatic carbocycles. The van der Waals surface area contributed by atoms with Crippen LogP contribution >= 0.6 is 22.7 Å². The van der Waals surface area contributed by atoms with Crippen LogP contribution in [-0.2, 0) is 47.2 Å². The van der Waals surface area contributed by atoms with Gasteiger partial charge in [-0.3, -0.25) is 23.8 Å². The van der Waals surface area contributed by atoms with E-state index in [0.717, 1.165) is 30.0 Å². The second-order valence-electron chi connectivity index (χ2n) is 13.2. The van der Waals surface area contributed by atoms with Gasteiger partial charge in [0, 0.05) is 72.4 Å². The predicted octanol–water partition coefficient (Wildman–Crippen LogP) is 4.67. The molecule has 0 unspecified atom stereocenters. The first-order chi connectivity index (χ1) is 28.6. The van der Waals surface area contributed by atoms with Gasteiger partial charge in [0.2, 0.25) is 17.7 Å². The number of hydrogen-bond acceptors (Lipinski definition) is 12. The van der Waals surface area contributed by atoms with Gasteiger partial charge in [0.15, 0.2) is 10.3 Å². The quantitative estimate of drug-likeness (QED) is 0.174. The fourth-order valence-electron chi connectivity index (χ4n) is 6.29. The van der Waals surface area contributed by atoms with Gasteiger partial charge in [-0.05, 0) is 72.1 Å². The summed E-state index contributed by atoms with van der Waals surface area (Å²) in [7, 11) is -7.50. The lowest BCUT2D eigenvalue weighted by Gasteiger charge is -2.34. The van der Waals surface area contributed by atoms with Crippen molar-refractivity contribution >= 4 is 93.0 Å². The lowest BCUT2D eigenvalue weighted by molar-refractivity contribution is -0.137. The second kappa shape index (κ2) is 17.4. The Bertz CT molecular complexity index is 2710. The van der Waals surface area contributed by atoms with Crippen LogP contribution in [0.4, 0.5) is 34.8 Å². The van der Waals surface area contributed by atoms with Gasteiger partial charge < -0.3 is 24.6 Å². The summed E-state index contributed by atoms with van der Waals surface area (Å²) in [5, 5.41) is 7.45. The number of amides is 3. The number of carbonyl (C=O) groups excluding carboxylic acids is 3. The van der Waals surface area contributed by atoms with Gasteiger partial charge in [-0.1, -0.05) is 6.07 Å². The molecule has 0 atom stereocenters. The molecule has 60 heavy (non-hydrogen) atoms. The molecule has 23 heteroatoms. The van der Waals surface area contributed by atoms with E-state index in [9.17, 15) is 44.4 Å². The van der Waals surface area contributed by atoms with Gasteiger partial charge in [-0.15, -0.1) is 22.7 Å². The van der Waals surface area contributed by atoms with E-state index in [1.54, 1.807) is 40.1 Å². The molecule has 0 radical (unpaired) electrons. The number of anilines is 4. The number of carbonyl (C=O) groups is 3. The monoisotopic (exact) mass is 901 g/mol. The minimum Gasteiger partial charge on any atom is -0.338 e. The van der Waals surface area contributed by atoms with E-state index < -0.39 is 37.7 Å². The van der Waals surface area contributed by atoms with E-state index in [4.69, 9.17) is 0 Å². The van der Waals surface area contributed by atoms with E-state index in [-0.39, 0.29) is 58.4 Å². The molecule has 6 aromatic rings. The number of nitrogens with one attached hydrogen (secondary N) is 3. The summed E-state index contributed by atoms with van der Waals surface area (Å²) in [6.07, 6.45) is 0.0453. The van der Waals surface area contributed by atoms with Crippen LogP contribution in [0.1, 0.15) is 5.56 Å². The third-order valence-electron chi connectivity index (χ3n) is 9.30. The Labute approximate surface area is 349 Å². The highest BCUT2D eigenvalue weighted by Crippen LogP contribution is 2.32. The summed E-state index contributed by atoms with van der Waals surface area (Å²) >= 11 is 2.35. The van der Waals surface area contributed by atoms with Crippen LogP contribution < -0.4 is 24.6 Å². The molecule has 8 rings (SSSR count). The van der Waals surface area contributed by atoms with Gasteiger partial charge >= 0.3 is 6.18 Å². The zero-order valence-electron chi connectivity index (χ0n) is 31.1. The molecule has 3 N–H and O–H groups in total. The third-order valence-corrected chi connectivity index (χ3v) is 13.6. The van der Waals surface area contributed by atoms with E-state index in [2.05, 4.69) is 24.7 Å². The maximum atomic E-state index is 13.1. The van der Waals surface area contributed by atoms with Crippen molar-refractivity contribution in [3.63, 3.8) is 0 Å². The van der Waals surface area contributed by atoms with Gasteiger partial charge in [0.25, 0.3) is 20.0 Å². The number of sulfonamides is 2. The molecule has 2 fully saturated rings. The van der Waals surface area contributed by atoms with Crippen molar-refractivity contribution in [2.24, 2.45) is 0 Å². The summed E-state index contributed by atoms with van der Waals surface area (Å²) in [5.41, 5.74) is 0.641. The highest BCUT2D eigenvalue weighted by molar-refractivity contribution is 7.93. The van der Waals surface area contributed by atoms with E-state index >= 15 is 0 Å². The average molecular weight is 902 g/mol. The Hall–Kier alpha value is -5.88. The van der Waals surface area contributed by atoms with E-state index in [1.807, 2.05) is 0 Å². The van der Waals surface area contributed by atoms with Gasteiger partial charge in [0.1, 0.15) is 13.1 Å². The molecule has 2 aliphatic heterocycles. The standard InChI is InChI=1S/C24H20F3N5O4S2.C13H14N4O3S2/c25-24(26,27)17-2-1-16-7-9-30(20(16)13-17)14-21(33)31-10-11-32(22(34)15-31)18-3-5-19(6-4-18)38(35,36)29-23-28-8-12-37-23;18-12-9-14-5-7-17(12)10-1-3-11(4-2-10)22(19,20)16-13-15-6-8-21-13/h1-9,12-13H,10-11,14-15H2,(H,28,29);1-4,6,8,14H,5,7,9H2,(H,15,16). The minimum absolute atomic E-state index is 0.00495. The summed E-state index contributed by atoms with van der Waals surface area (Å²) in [4.78, 5) is 49.9. The SMILES string of the molecule is O=C(Cn1ccc2ccc(C(F)(F)F)cc21)N1CCN(c2ccc(S(=O)(=O)Nc3nccs3)cc2)C(=O)C1.O=C1CNCCN1c1ccc(S(=O)(=O)Nc2nccs2)cc1. The lowest BCUT2D eigenvalue weighted by atomic mass is 10.1. The maximum absolute atomic E-state index is 13.1. The highest BCUT2D eigenvalue weighted by atomic mass is 32.2. The first-order valence-electron chi connectivity index (χ1n) is 17.9. The van der Waals surface area contributed by atoms with E-state index in [1.165, 1.54) is 80.6 Å². The number of halogens is 3. The number of benzene rings is 3. The Balaban J connectivity index is 0.000000210. The Kier molecular flexibility index (Phi) is 12.2. The fourth-order valence-corrected chi connectivity index (χ4v) is 9.87. The molecule has 0 saturated carbocycles. The lowest BCUT2D eigenvalue weighted by Crippen LogP contribution is -2.53. The van der Waals surface area contributed by atoms with Gasteiger partial charge in [-0.2, -0.15) is 13.2 Å². The molecule has 3 aromatic carbocycles. The summed E-state index contributed by atoms with van der Waals surface area (Å²) < 4.78 is 95.1. The van der Waals surface area contributed by atoms with E-state index in [0.29, 0.717) is 35.0 Å². The smallest absolute Gasteiger partial charge is 0.338 e. The predicted molar refractivity (Wildman–Crippen MR) is 220 cm³/mol. The van der Waals surface area contributed by atoms with Crippen molar-refractivity contribution in [1.82, 2.24) is 24.8 Å². The highest BCUT2D eigenvalue weighted by Gasteiger charge is 2.32. The fraction of sp³-hybridized carbons (Fsp3) is 0.216. The zero-order chi connectivity index (χ0) is 42.7. The molecule has 3 amide bonds. The van der Waals surface area contributed by atoms with Crippen molar-refractivity contribution in [3.05, 3.63) is 108 Å². The van der Waals surface area contributed by atoms with Crippen LogP contribution in [0.5, 0.6) is 0 Å². The number of thiazole rings is 2. The molecular formula is C37H34F3N9O7S4. The number of fused-ring (bicyclic) bond motifs is 1. The molecule has 2 saturated heterocycles. The number of alkyl halides is 3. The van der Waals surface area contributed by atoms with Crippen LogP contribution in [0.3, 0.4) is 0 Å². The number of piperazine rings is 2. The summed E-state index contributed by atoms with van der Waals surface area (Å²) in [5.74, 6) is -0.789. The summed E-state index contributed by atoms with van der Waals surface area (Å²) in [6.45, 7) is 1.56. The molecule has 0 spiro atoms. The van der Waals surface area contributed by atoms with Gasteiger partial charge in [-0.25, -0.2) is 26.8 Å². The molecule has 5 heterocycles. The molecule has 0 bridgehead atoms. The van der Waals surface area contributed by atoms with Crippen LogP contribution in [0.2, 0.25) is 0 Å². The molecular weight excluding hydrogens is 868 g/mol. The number of aromatic nitrogens is 3. The van der Waals surface area contributed by atoms with Crippen molar-refractivity contribution in [1.29, 1.82) is 0 Å². The number of rotatable bonds is 10. The van der Waals surface area contributed by atoms with Crippen LogP contribution in [0.15, 0.2) is 112 Å². The minimum atomic E-state index is -4.50. The third kappa shape index (κ3) is 9.76. The Morgan fingerprint density at radius 3 is 1.82 bits per heavy atom. The molecule has 3 aromatic heterocycles. The topological polar surface area (TPSA) is 196 Å². The second-order valence-corrected chi connectivity index (χ2v) is 18.3. The maximum Gasteiger partial charge on any atom is 0.416 e. The first-order valence-corrected chi connectivity index (χ1v) is 22.6.